The molecule has 0 radical (unpaired) electrons. The second-order valence-corrected chi connectivity index (χ2v) is 7.45. The third kappa shape index (κ3) is 3.03. The summed E-state index contributed by atoms with van der Waals surface area (Å²) in [6.07, 6.45) is 5.19. The van der Waals surface area contributed by atoms with Crippen molar-refractivity contribution in [3.8, 4) is 11.3 Å². The summed E-state index contributed by atoms with van der Waals surface area (Å²) < 4.78 is 1.82. The van der Waals surface area contributed by atoms with E-state index in [1.165, 1.54) is 11.3 Å². The van der Waals surface area contributed by atoms with Crippen LogP contribution < -0.4 is 0 Å². The predicted molar refractivity (Wildman–Crippen MR) is 104 cm³/mol. The van der Waals surface area contributed by atoms with Crippen LogP contribution in [0.1, 0.15) is 35.1 Å². The largest absolute Gasteiger partial charge is 0.337 e. The van der Waals surface area contributed by atoms with Gasteiger partial charge < -0.3 is 4.90 Å². The molecule has 1 fully saturated rings. The van der Waals surface area contributed by atoms with Crippen LogP contribution in [0.25, 0.3) is 16.9 Å². The minimum atomic E-state index is 0.00258. The van der Waals surface area contributed by atoms with Crippen LogP contribution in [0, 0.1) is 0 Å². The standard InChI is InChI=1S/C19H17N7OS/c27-19(16-11-28-12-21-16)25-8-5-13(6-9-25)18-23-22-17-4-3-15(24-26(17)18)14-2-1-7-20-10-14/h1-4,7,10-13H,5-6,8-9H2. The molecule has 0 aromatic carbocycles. The molecule has 0 atom stereocenters. The molecule has 1 amide bonds. The first kappa shape index (κ1) is 16.9. The van der Waals surface area contributed by atoms with Gasteiger partial charge in [0.25, 0.3) is 5.91 Å². The van der Waals surface area contributed by atoms with Gasteiger partial charge in [-0.3, -0.25) is 9.78 Å². The highest BCUT2D eigenvalue weighted by atomic mass is 32.1. The van der Waals surface area contributed by atoms with E-state index in [2.05, 4.69) is 20.2 Å². The molecular formula is C19H17N7OS. The Morgan fingerprint density at radius 3 is 2.79 bits per heavy atom. The number of likely N-dealkylation sites (tertiary alicyclic amines) is 1. The molecule has 0 aliphatic carbocycles. The van der Waals surface area contributed by atoms with Crippen molar-refractivity contribution in [2.24, 2.45) is 0 Å². The lowest BCUT2D eigenvalue weighted by Crippen LogP contribution is -2.38. The molecule has 0 bridgehead atoms. The summed E-state index contributed by atoms with van der Waals surface area (Å²) >= 11 is 1.44. The third-order valence-electron chi connectivity index (χ3n) is 5.04. The maximum atomic E-state index is 12.5. The Morgan fingerprint density at radius 1 is 1.14 bits per heavy atom. The summed E-state index contributed by atoms with van der Waals surface area (Å²) in [5.74, 6) is 1.07. The van der Waals surface area contributed by atoms with Crippen LogP contribution in [-0.4, -0.2) is 53.7 Å². The Labute approximate surface area is 164 Å². The van der Waals surface area contributed by atoms with E-state index in [1.807, 2.05) is 33.7 Å². The zero-order valence-electron chi connectivity index (χ0n) is 15.0. The van der Waals surface area contributed by atoms with Crippen molar-refractivity contribution < 1.29 is 4.79 Å². The molecule has 4 aromatic heterocycles. The molecule has 0 saturated carbocycles. The van der Waals surface area contributed by atoms with Crippen molar-refractivity contribution >= 4 is 22.9 Å². The number of aromatic nitrogens is 6. The van der Waals surface area contributed by atoms with Crippen LogP contribution in [0.15, 0.2) is 47.5 Å². The lowest BCUT2D eigenvalue weighted by atomic mass is 9.96. The molecule has 1 saturated heterocycles. The van der Waals surface area contributed by atoms with Gasteiger partial charge in [-0.2, -0.15) is 9.61 Å². The highest BCUT2D eigenvalue weighted by Crippen LogP contribution is 2.28. The van der Waals surface area contributed by atoms with Crippen molar-refractivity contribution in [3.05, 3.63) is 59.1 Å². The van der Waals surface area contributed by atoms with Crippen LogP contribution >= 0.6 is 11.3 Å². The van der Waals surface area contributed by atoms with Gasteiger partial charge in [-0.25, -0.2) is 4.98 Å². The first-order valence-corrected chi connectivity index (χ1v) is 10.0. The predicted octanol–water partition coefficient (Wildman–Crippen LogP) is 2.66. The van der Waals surface area contributed by atoms with Gasteiger partial charge in [0.2, 0.25) is 0 Å². The van der Waals surface area contributed by atoms with Crippen molar-refractivity contribution in [1.82, 2.24) is 34.7 Å². The first-order valence-electron chi connectivity index (χ1n) is 9.10. The molecular weight excluding hydrogens is 374 g/mol. The molecule has 5 rings (SSSR count). The fraction of sp³-hybridized carbons (Fsp3) is 0.263. The smallest absolute Gasteiger partial charge is 0.273 e. The van der Waals surface area contributed by atoms with Gasteiger partial charge in [0.05, 0.1) is 11.2 Å². The number of amides is 1. The van der Waals surface area contributed by atoms with E-state index >= 15 is 0 Å². The van der Waals surface area contributed by atoms with Gasteiger partial charge in [0.15, 0.2) is 11.5 Å². The van der Waals surface area contributed by atoms with E-state index < -0.39 is 0 Å². The van der Waals surface area contributed by atoms with Gasteiger partial charge >= 0.3 is 0 Å². The number of thiazole rings is 1. The Balaban J connectivity index is 1.37. The van der Waals surface area contributed by atoms with Gasteiger partial charge in [-0.05, 0) is 37.1 Å². The number of piperidine rings is 1. The van der Waals surface area contributed by atoms with Crippen molar-refractivity contribution in [2.75, 3.05) is 13.1 Å². The van der Waals surface area contributed by atoms with Gasteiger partial charge in [0.1, 0.15) is 5.69 Å². The van der Waals surface area contributed by atoms with Gasteiger partial charge in [-0.15, -0.1) is 21.5 Å². The van der Waals surface area contributed by atoms with Gasteiger partial charge in [0, 0.05) is 42.3 Å². The number of pyridine rings is 1. The summed E-state index contributed by atoms with van der Waals surface area (Å²) in [6.45, 7) is 1.36. The van der Waals surface area contributed by atoms with Gasteiger partial charge in [-0.1, -0.05) is 0 Å². The molecule has 0 spiro atoms. The number of fused-ring (bicyclic) bond motifs is 1. The van der Waals surface area contributed by atoms with E-state index in [1.54, 1.807) is 23.3 Å². The number of rotatable bonds is 3. The Bertz CT molecular complexity index is 1100. The molecule has 1 aliphatic rings. The Hall–Kier alpha value is -3.20. The fourth-order valence-electron chi connectivity index (χ4n) is 3.55. The average molecular weight is 391 g/mol. The monoisotopic (exact) mass is 391 g/mol. The molecule has 0 unspecified atom stereocenters. The van der Waals surface area contributed by atoms with E-state index in [4.69, 9.17) is 5.10 Å². The molecule has 0 N–H and O–H groups in total. The van der Waals surface area contributed by atoms with Crippen molar-refractivity contribution in [3.63, 3.8) is 0 Å². The number of hydrogen-bond donors (Lipinski definition) is 0. The second kappa shape index (κ2) is 7.08. The second-order valence-electron chi connectivity index (χ2n) is 6.73. The minimum Gasteiger partial charge on any atom is -0.337 e. The summed E-state index contributed by atoms with van der Waals surface area (Å²) in [6, 6.07) is 7.73. The lowest BCUT2D eigenvalue weighted by molar-refractivity contribution is 0.0705. The zero-order chi connectivity index (χ0) is 18.9. The zero-order valence-corrected chi connectivity index (χ0v) is 15.8. The average Bonchev–Trinajstić information content (AvgIpc) is 3.44. The van der Waals surface area contributed by atoms with E-state index in [-0.39, 0.29) is 11.8 Å². The molecule has 4 aromatic rings. The van der Waals surface area contributed by atoms with E-state index in [0.717, 1.165) is 35.6 Å². The molecule has 5 heterocycles. The topological polar surface area (TPSA) is 89.2 Å². The summed E-state index contributed by atoms with van der Waals surface area (Å²) in [4.78, 5) is 22.6. The molecule has 1 aliphatic heterocycles. The minimum absolute atomic E-state index is 0.00258. The van der Waals surface area contributed by atoms with Crippen LogP contribution in [0.5, 0.6) is 0 Å². The normalized spacial score (nSPS) is 15.2. The molecule has 140 valence electrons. The highest BCUT2D eigenvalue weighted by Gasteiger charge is 2.28. The van der Waals surface area contributed by atoms with E-state index in [0.29, 0.717) is 18.8 Å². The molecule has 8 nitrogen and oxygen atoms in total. The maximum absolute atomic E-state index is 12.5. The Morgan fingerprint density at radius 2 is 2.04 bits per heavy atom. The summed E-state index contributed by atoms with van der Waals surface area (Å²) in [5.41, 5.74) is 4.72. The molecule has 9 heteroatoms. The summed E-state index contributed by atoms with van der Waals surface area (Å²) in [5, 5.41) is 15.2. The van der Waals surface area contributed by atoms with E-state index in [9.17, 15) is 4.79 Å². The third-order valence-corrected chi connectivity index (χ3v) is 5.63. The van der Waals surface area contributed by atoms with Crippen LogP contribution in [0.3, 0.4) is 0 Å². The highest BCUT2D eigenvalue weighted by molar-refractivity contribution is 7.07. The number of carbonyl (C=O) groups is 1. The number of carbonyl (C=O) groups excluding carboxylic acids is 1. The molecule has 28 heavy (non-hydrogen) atoms. The van der Waals surface area contributed by atoms with Crippen LogP contribution in [0.4, 0.5) is 0 Å². The summed E-state index contributed by atoms with van der Waals surface area (Å²) in [7, 11) is 0. The SMILES string of the molecule is O=C(c1cscn1)N1CCC(c2nnc3ccc(-c4cccnc4)nn23)CC1. The van der Waals surface area contributed by atoms with Crippen LogP contribution in [0.2, 0.25) is 0 Å². The van der Waals surface area contributed by atoms with Crippen LogP contribution in [-0.2, 0) is 0 Å². The lowest BCUT2D eigenvalue weighted by Gasteiger charge is -2.30. The quantitative estimate of drug-likeness (QED) is 0.533. The Kier molecular flexibility index (Phi) is 4.28. The van der Waals surface area contributed by atoms with Crippen molar-refractivity contribution in [1.29, 1.82) is 0 Å². The first-order chi connectivity index (χ1) is 13.8. The maximum Gasteiger partial charge on any atom is 0.273 e. The number of hydrogen-bond acceptors (Lipinski definition) is 7. The number of nitrogens with zero attached hydrogens (tertiary/aromatic N) is 7. The van der Waals surface area contributed by atoms with Crippen molar-refractivity contribution in [2.45, 2.75) is 18.8 Å². The fourth-order valence-corrected chi connectivity index (χ4v) is 4.08.